The van der Waals surface area contributed by atoms with Crippen molar-refractivity contribution in [3.63, 3.8) is 0 Å². The van der Waals surface area contributed by atoms with Gasteiger partial charge in [-0.1, -0.05) is 54.1 Å². The predicted molar refractivity (Wildman–Crippen MR) is 95.5 cm³/mol. The molecule has 2 N–H and O–H groups in total. The third kappa shape index (κ3) is 9.35. The van der Waals surface area contributed by atoms with Gasteiger partial charge in [-0.15, -0.1) is 0 Å². The zero-order valence-corrected chi connectivity index (χ0v) is 15.4. The molecule has 0 saturated carbocycles. The number of rotatable bonds is 9. The van der Waals surface area contributed by atoms with E-state index in [1.165, 1.54) is 0 Å². The summed E-state index contributed by atoms with van der Waals surface area (Å²) in [6.45, 7) is 4.86. The van der Waals surface area contributed by atoms with Crippen molar-refractivity contribution in [1.82, 2.24) is 5.32 Å². The summed E-state index contributed by atoms with van der Waals surface area (Å²) in [5.41, 5.74) is 1.12. The Kier molecular flexibility index (Phi) is 8.31. The Bertz CT molecular complexity index is 568. The van der Waals surface area contributed by atoms with E-state index in [1.54, 1.807) is 0 Å². The Morgan fingerprint density at radius 3 is 2.45 bits per heavy atom. The van der Waals surface area contributed by atoms with Gasteiger partial charge in [0.05, 0.1) is 5.75 Å². The average Bonchev–Trinajstić information content (AvgIpc) is 2.40. The lowest BCUT2D eigenvalue weighted by Crippen LogP contribution is -2.30. The molecular formula is C16H24BrNO3S. The summed E-state index contributed by atoms with van der Waals surface area (Å²) in [5.74, 6) is 0.332. The molecule has 0 aliphatic carbocycles. The number of halogens is 1. The van der Waals surface area contributed by atoms with Gasteiger partial charge in [0.2, 0.25) is 0 Å². The van der Waals surface area contributed by atoms with Crippen molar-refractivity contribution in [2.45, 2.75) is 32.7 Å². The molecule has 0 aliphatic heterocycles. The van der Waals surface area contributed by atoms with E-state index in [0.29, 0.717) is 18.9 Å². The van der Waals surface area contributed by atoms with Crippen LogP contribution in [0.3, 0.4) is 0 Å². The quantitative estimate of drug-likeness (QED) is 0.498. The molecule has 6 heteroatoms. The zero-order valence-electron chi connectivity index (χ0n) is 13.0. The van der Waals surface area contributed by atoms with E-state index in [0.717, 1.165) is 16.5 Å². The maximum absolute atomic E-state index is 10.7. The largest absolute Gasteiger partial charge is 0.310 e. The molecule has 0 amide bonds. The molecule has 22 heavy (non-hydrogen) atoms. The molecule has 1 atom stereocenters. The summed E-state index contributed by atoms with van der Waals surface area (Å²) in [5, 5.41) is 3.33. The summed E-state index contributed by atoms with van der Waals surface area (Å²) in [4.78, 5) is 0. The molecular weight excluding hydrogens is 366 g/mol. The molecule has 0 aliphatic rings. The first-order valence-electron chi connectivity index (χ1n) is 7.38. The summed E-state index contributed by atoms with van der Waals surface area (Å²) < 4.78 is 31.2. The van der Waals surface area contributed by atoms with E-state index in [4.69, 9.17) is 4.55 Å². The fraction of sp³-hybridized carbons (Fsp3) is 0.500. The highest BCUT2D eigenvalue weighted by molar-refractivity contribution is 9.10. The predicted octanol–water partition coefficient (Wildman–Crippen LogP) is 3.74. The fourth-order valence-electron chi connectivity index (χ4n) is 2.08. The number of nitrogens with one attached hydrogen (secondary N) is 1. The normalized spacial score (nSPS) is 13.9. The van der Waals surface area contributed by atoms with E-state index >= 15 is 0 Å². The molecule has 1 aromatic rings. The average molecular weight is 390 g/mol. The van der Waals surface area contributed by atoms with Gasteiger partial charge in [-0.3, -0.25) is 4.55 Å². The van der Waals surface area contributed by atoms with Gasteiger partial charge in [0.15, 0.2) is 0 Å². The van der Waals surface area contributed by atoms with E-state index in [1.807, 2.05) is 24.3 Å². The molecule has 0 bridgehead atoms. The van der Waals surface area contributed by atoms with Crippen LogP contribution in [0.5, 0.6) is 0 Å². The van der Waals surface area contributed by atoms with Crippen molar-refractivity contribution in [3.8, 4) is 0 Å². The van der Waals surface area contributed by atoms with Crippen molar-refractivity contribution < 1.29 is 13.0 Å². The highest BCUT2D eigenvalue weighted by atomic mass is 79.9. The Hall–Kier alpha value is -0.690. The van der Waals surface area contributed by atoms with Crippen LogP contribution in [0.15, 0.2) is 34.8 Å². The highest BCUT2D eigenvalue weighted by Crippen LogP contribution is 2.13. The topological polar surface area (TPSA) is 66.4 Å². The monoisotopic (exact) mass is 389 g/mol. The second-order valence-corrected chi connectivity index (χ2v) is 8.23. The third-order valence-electron chi connectivity index (χ3n) is 3.10. The van der Waals surface area contributed by atoms with Crippen LogP contribution in [0, 0.1) is 5.92 Å². The first-order chi connectivity index (χ1) is 10.3. The van der Waals surface area contributed by atoms with Gasteiger partial charge in [0.25, 0.3) is 10.1 Å². The lowest BCUT2D eigenvalue weighted by Gasteiger charge is -2.17. The minimum atomic E-state index is -3.87. The van der Waals surface area contributed by atoms with Gasteiger partial charge in [-0.25, -0.2) is 0 Å². The minimum absolute atomic E-state index is 0.185. The van der Waals surface area contributed by atoms with Gasteiger partial charge < -0.3 is 5.32 Å². The van der Waals surface area contributed by atoms with E-state index in [2.05, 4.69) is 47.2 Å². The summed E-state index contributed by atoms with van der Waals surface area (Å²) in [7, 11) is -3.87. The molecule has 1 rings (SSSR count). The second kappa shape index (κ2) is 9.45. The molecule has 0 unspecified atom stereocenters. The van der Waals surface area contributed by atoms with Crippen molar-refractivity contribution in [2.75, 3.05) is 12.3 Å². The Morgan fingerprint density at radius 2 is 1.91 bits per heavy atom. The summed E-state index contributed by atoms with van der Waals surface area (Å²) in [6, 6.07) is 8.24. The van der Waals surface area contributed by atoms with Crippen LogP contribution in [0.25, 0.3) is 6.08 Å². The molecule has 4 nitrogen and oxygen atoms in total. The fourth-order valence-corrected chi connectivity index (χ4v) is 2.85. The van der Waals surface area contributed by atoms with Crippen LogP contribution in [-0.4, -0.2) is 31.3 Å². The lowest BCUT2D eigenvalue weighted by atomic mass is 10.0. The molecule has 0 aromatic heterocycles. The van der Waals surface area contributed by atoms with E-state index < -0.39 is 10.1 Å². The van der Waals surface area contributed by atoms with Crippen LogP contribution in [0.1, 0.15) is 32.3 Å². The highest BCUT2D eigenvalue weighted by Gasteiger charge is 2.08. The molecule has 0 saturated heterocycles. The SMILES string of the molecule is CC(C)C[C@@H](C=Cc1ccc(Br)cc1)NCCCS(=O)(=O)O. The van der Waals surface area contributed by atoms with Gasteiger partial charge >= 0.3 is 0 Å². The van der Waals surface area contributed by atoms with Gasteiger partial charge in [-0.05, 0) is 43.0 Å². The zero-order chi connectivity index (χ0) is 16.6. The van der Waals surface area contributed by atoms with E-state index in [9.17, 15) is 8.42 Å². The van der Waals surface area contributed by atoms with E-state index in [-0.39, 0.29) is 11.8 Å². The third-order valence-corrected chi connectivity index (χ3v) is 4.44. The molecule has 1 aromatic carbocycles. The maximum Gasteiger partial charge on any atom is 0.264 e. The summed E-state index contributed by atoms with van der Waals surface area (Å²) in [6.07, 6.45) is 5.55. The Labute approximate surface area is 141 Å². The van der Waals surface area contributed by atoms with Crippen molar-refractivity contribution in [3.05, 3.63) is 40.4 Å². The first kappa shape index (κ1) is 19.4. The molecule has 0 radical (unpaired) electrons. The lowest BCUT2D eigenvalue weighted by molar-refractivity contribution is 0.462. The van der Waals surface area contributed by atoms with Crippen molar-refractivity contribution in [1.29, 1.82) is 0 Å². The number of hydrogen-bond donors (Lipinski definition) is 2. The van der Waals surface area contributed by atoms with Crippen LogP contribution >= 0.6 is 15.9 Å². The van der Waals surface area contributed by atoms with Crippen molar-refractivity contribution in [2.24, 2.45) is 5.92 Å². The van der Waals surface area contributed by atoms with Crippen LogP contribution in [-0.2, 0) is 10.1 Å². The standard InChI is InChI=1S/C16H24BrNO3S/c1-13(2)12-16(18-10-3-11-22(19,20)21)9-6-14-4-7-15(17)8-5-14/h4-9,13,16,18H,3,10-12H2,1-2H3,(H,19,20,21)/t16-/m1/s1. The van der Waals surface area contributed by atoms with Crippen LogP contribution in [0.2, 0.25) is 0 Å². The molecule has 124 valence electrons. The Balaban J connectivity index is 2.54. The Morgan fingerprint density at radius 1 is 1.27 bits per heavy atom. The smallest absolute Gasteiger partial charge is 0.264 e. The van der Waals surface area contributed by atoms with Gasteiger partial charge in [0.1, 0.15) is 0 Å². The first-order valence-corrected chi connectivity index (χ1v) is 9.79. The van der Waals surface area contributed by atoms with Crippen molar-refractivity contribution >= 4 is 32.1 Å². The van der Waals surface area contributed by atoms with Crippen LogP contribution in [0.4, 0.5) is 0 Å². The molecule has 0 heterocycles. The minimum Gasteiger partial charge on any atom is -0.310 e. The van der Waals surface area contributed by atoms with Crippen LogP contribution < -0.4 is 5.32 Å². The van der Waals surface area contributed by atoms with Gasteiger partial charge in [-0.2, -0.15) is 8.42 Å². The number of benzene rings is 1. The summed E-state index contributed by atoms with van der Waals surface area (Å²) >= 11 is 3.41. The maximum atomic E-state index is 10.7. The number of hydrogen-bond acceptors (Lipinski definition) is 3. The molecule has 0 fully saturated rings. The second-order valence-electron chi connectivity index (χ2n) is 5.74. The molecule has 0 spiro atoms. The van der Waals surface area contributed by atoms with Gasteiger partial charge in [0, 0.05) is 10.5 Å².